The lowest BCUT2D eigenvalue weighted by molar-refractivity contribution is 0.175. The van der Waals surface area contributed by atoms with Crippen LogP contribution in [0.5, 0.6) is 0 Å². The second-order valence-corrected chi connectivity index (χ2v) is 6.22. The molecule has 3 rings (SSSR count). The van der Waals surface area contributed by atoms with Crippen LogP contribution < -0.4 is 10.6 Å². The molecule has 110 valence electrons. The summed E-state index contributed by atoms with van der Waals surface area (Å²) in [6, 6.07) is 4.98. The second-order valence-electron chi connectivity index (χ2n) is 6.22. The van der Waals surface area contributed by atoms with E-state index in [9.17, 15) is 0 Å². The molecule has 1 unspecified atom stereocenters. The molecule has 4 nitrogen and oxygen atoms in total. The Morgan fingerprint density at radius 1 is 1.25 bits per heavy atom. The number of hydrogen-bond acceptors (Lipinski definition) is 4. The number of pyridine rings is 1. The predicted octanol–water partition coefficient (Wildman–Crippen LogP) is 2.17. The van der Waals surface area contributed by atoms with E-state index in [1.807, 2.05) is 19.2 Å². The molecule has 2 atom stereocenters. The molecular weight excluding hydrogens is 248 g/mol. The zero-order chi connectivity index (χ0) is 13.9. The van der Waals surface area contributed by atoms with Crippen molar-refractivity contribution in [2.24, 2.45) is 5.73 Å². The van der Waals surface area contributed by atoms with Gasteiger partial charge >= 0.3 is 0 Å². The molecule has 20 heavy (non-hydrogen) atoms. The van der Waals surface area contributed by atoms with Gasteiger partial charge in [-0.25, -0.2) is 4.98 Å². The molecule has 3 heterocycles. The van der Waals surface area contributed by atoms with E-state index >= 15 is 0 Å². The molecule has 0 amide bonds. The van der Waals surface area contributed by atoms with Gasteiger partial charge in [0.05, 0.1) is 0 Å². The smallest absolute Gasteiger partial charge is 0.128 e. The molecule has 0 aromatic carbocycles. The Balaban J connectivity index is 1.65. The fraction of sp³-hybridized carbons (Fsp3) is 0.688. The maximum absolute atomic E-state index is 5.97. The first-order chi connectivity index (χ1) is 9.74. The van der Waals surface area contributed by atoms with Crippen LogP contribution in [0, 0.1) is 0 Å². The van der Waals surface area contributed by atoms with Crippen molar-refractivity contribution < 1.29 is 0 Å². The normalized spacial score (nSPS) is 25.9. The van der Waals surface area contributed by atoms with Gasteiger partial charge in [0, 0.05) is 31.4 Å². The topological polar surface area (TPSA) is 45.4 Å². The van der Waals surface area contributed by atoms with Crippen molar-refractivity contribution in [3.8, 4) is 0 Å². The van der Waals surface area contributed by atoms with Gasteiger partial charge in [-0.15, -0.1) is 0 Å². The molecular formula is C16H26N4. The molecule has 2 saturated heterocycles. The first-order valence-electron chi connectivity index (χ1n) is 7.94. The highest BCUT2D eigenvalue weighted by atomic mass is 15.3. The standard InChI is InChI=1S/C16H26N4/c1-13(17)14-5-7-18-16(11-14)20-10-6-15(12-20)19-8-3-2-4-9-19/h5,7,11,13,15H,2-4,6,8-10,12,17H2,1H3/t13-,15?/m0/s1. The van der Waals surface area contributed by atoms with Crippen LogP contribution in [0.3, 0.4) is 0 Å². The van der Waals surface area contributed by atoms with E-state index in [1.165, 1.54) is 44.3 Å². The van der Waals surface area contributed by atoms with Crippen molar-refractivity contribution in [3.63, 3.8) is 0 Å². The number of aromatic nitrogens is 1. The number of hydrogen-bond donors (Lipinski definition) is 1. The largest absolute Gasteiger partial charge is 0.355 e. The summed E-state index contributed by atoms with van der Waals surface area (Å²) in [5, 5.41) is 0. The van der Waals surface area contributed by atoms with Crippen LogP contribution in [-0.4, -0.2) is 42.1 Å². The van der Waals surface area contributed by atoms with E-state index in [0.29, 0.717) is 0 Å². The van der Waals surface area contributed by atoms with Crippen LogP contribution in [0.2, 0.25) is 0 Å². The second kappa shape index (κ2) is 6.10. The van der Waals surface area contributed by atoms with Crippen LogP contribution >= 0.6 is 0 Å². The van der Waals surface area contributed by atoms with Gasteiger partial charge < -0.3 is 10.6 Å². The zero-order valence-electron chi connectivity index (χ0n) is 12.5. The highest BCUT2D eigenvalue weighted by Crippen LogP contribution is 2.25. The first kappa shape index (κ1) is 13.8. The van der Waals surface area contributed by atoms with E-state index in [4.69, 9.17) is 5.73 Å². The fourth-order valence-electron chi connectivity index (χ4n) is 3.42. The lowest BCUT2D eigenvalue weighted by Gasteiger charge is -2.32. The minimum Gasteiger partial charge on any atom is -0.355 e. The molecule has 0 saturated carbocycles. The molecule has 2 aliphatic heterocycles. The van der Waals surface area contributed by atoms with Crippen LogP contribution in [0.15, 0.2) is 18.3 Å². The quantitative estimate of drug-likeness (QED) is 0.917. The van der Waals surface area contributed by atoms with E-state index in [1.54, 1.807) is 0 Å². The number of nitrogens with zero attached hydrogens (tertiary/aromatic N) is 3. The van der Waals surface area contributed by atoms with E-state index in [2.05, 4.69) is 20.9 Å². The molecule has 0 bridgehead atoms. The third-order valence-corrected chi connectivity index (χ3v) is 4.69. The van der Waals surface area contributed by atoms with Gasteiger partial charge in [0.15, 0.2) is 0 Å². The highest BCUT2D eigenvalue weighted by molar-refractivity contribution is 5.43. The minimum absolute atomic E-state index is 0.0808. The number of anilines is 1. The molecule has 0 spiro atoms. The van der Waals surface area contributed by atoms with Gasteiger partial charge in [-0.3, -0.25) is 4.90 Å². The third kappa shape index (κ3) is 2.96. The molecule has 1 aromatic heterocycles. The van der Waals surface area contributed by atoms with Crippen LogP contribution in [0.25, 0.3) is 0 Å². The molecule has 2 N–H and O–H groups in total. The van der Waals surface area contributed by atoms with Gasteiger partial charge in [0.2, 0.25) is 0 Å². The summed E-state index contributed by atoms with van der Waals surface area (Å²) in [5.41, 5.74) is 7.15. The molecule has 2 fully saturated rings. The van der Waals surface area contributed by atoms with Gasteiger partial charge in [-0.05, 0) is 57.0 Å². The van der Waals surface area contributed by atoms with Gasteiger partial charge in [0.1, 0.15) is 5.82 Å². The summed E-state index contributed by atoms with van der Waals surface area (Å²) in [6.45, 7) is 6.84. The number of likely N-dealkylation sites (tertiary alicyclic amines) is 1. The molecule has 0 aliphatic carbocycles. The Hall–Kier alpha value is -1.13. The fourth-order valence-corrected chi connectivity index (χ4v) is 3.42. The molecule has 1 aromatic rings. The average molecular weight is 274 g/mol. The Morgan fingerprint density at radius 3 is 2.80 bits per heavy atom. The third-order valence-electron chi connectivity index (χ3n) is 4.69. The van der Waals surface area contributed by atoms with Crippen LogP contribution in [0.1, 0.15) is 44.2 Å². The Labute approximate surface area is 122 Å². The summed E-state index contributed by atoms with van der Waals surface area (Å²) in [5.74, 6) is 1.10. The summed E-state index contributed by atoms with van der Waals surface area (Å²) < 4.78 is 0. The Kier molecular flexibility index (Phi) is 4.22. The minimum atomic E-state index is 0.0808. The van der Waals surface area contributed by atoms with Crippen molar-refractivity contribution >= 4 is 5.82 Å². The van der Waals surface area contributed by atoms with Crippen molar-refractivity contribution in [1.29, 1.82) is 0 Å². The number of nitrogens with two attached hydrogens (primary N) is 1. The molecule has 4 heteroatoms. The van der Waals surface area contributed by atoms with E-state index in [-0.39, 0.29) is 6.04 Å². The summed E-state index contributed by atoms with van der Waals surface area (Å²) in [4.78, 5) is 9.64. The maximum Gasteiger partial charge on any atom is 0.128 e. The Bertz CT molecular complexity index is 440. The molecule has 2 aliphatic rings. The van der Waals surface area contributed by atoms with Crippen molar-refractivity contribution in [2.75, 3.05) is 31.1 Å². The zero-order valence-corrected chi connectivity index (χ0v) is 12.5. The summed E-state index contributed by atoms with van der Waals surface area (Å²) >= 11 is 0. The summed E-state index contributed by atoms with van der Waals surface area (Å²) in [6.07, 6.45) is 7.31. The monoisotopic (exact) mass is 274 g/mol. The van der Waals surface area contributed by atoms with Crippen molar-refractivity contribution in [1.82, 2.24) is 9.88 Å². The van der Waals surface area contributed by atoms with E-state index < -0.39 is 0 Å². The lowest BCUT2D eigenvalue weighted by Crippen LogP contribution is -2.40. The van der Waals surface area contributed by atoms with Crippen molar-refractivity contribution in [2.45, 2.75) is 44.7 Å². The Morgan fingerprint density at radius 2 is 2.05 bits per heavy atom. The number of piperidine rings is 1. The van der Waals surface area contributed by atoms with E-state index in [0.717, 1.165) is 24.9 Å². The predicted molar refractivity (Wildman–Crippen MR) is 82.9 cm³/mol. The van der Waals surface area contributed by atoms with Gasteiger partial charge in [0.25, 0.3) is 0 Å². The van der Waals surface area contributed by atoms with Gasteiger partial charge in [-0.1, -0.05) is 6.42 Å². The summed E-state index contributed by atoms with van der Waals surface area (Å²) in [7, 11) is 0. The molecule has 0 radical (unpaired) electrons. The van der Waals surface area contributed by atoms with Crippen LogP contribution in [0.4, 0.5) is 5.82 Å². The average Bonchev–Trinajstić information content (AvgIpc) is 2.98. The van der Waals surface area contributed by atoms with Gasteiger partial charge in [-0.2, -0.15) is 0 Å². The SMILES string of the molecule is C[C@H](N)c1ccnc(N2CCC(N3CCCCC3)C2)c1. The van der Waals surface area contributed by atoms with Crippen LogP contribution in [-0.2, 0) is 0 Å². The first-order valence-corrected chi connectivity index (χ1v) is 7.94. The lowest BCUT2D eigenvalue weighted by atomic mass is 10.1. The number of rotatable bonds is 3. The maximum atomic E-state index is 5.97. The van der Waals surface area contributed by atoms with Crippen molar-refractivity contribution in [3.05, 3.63) is 23.9 Å². The highest BCUT2D eigenvalue weighted by Gasteiger charge is 2.29.